The summed E-state index contributed by atoms with van der Waals surface area (Å²) in [6, 6.07) is 3.78. The molecule has 1 aliphatic rings. The van der Waals surface area contributed by atoms with E-state index in [1.807, 2.05) is 32.9 Å². The van der Waals surface area contributed by atoms with Crippen LogP contribution in [0.3, 0.4) is 0 Å². The fourth-order valence-corrected chi connectivity index (χ4v) is 1.80. The van der Waals surface area contributed by atoms with Crippen molar-refractivity contribution < 1.29 is 9.47 Å². The van der Waals surface area contributed by atoms with Crippen LogP contribution in [0.15, 0.2) is 23.4 Å². The van der Waals surface area contributed by atoms with Crippen molar-refractivity contribution in [3.8, 4) is 0 Å². The molecule has 96 valence electrons. The van der Waals surface area contributed by atoms with Crippen LogP contribution in [0, 0.1) is 6.92 Å². The van der Waals surface area contributed by atoms with E-state index in [-0.39, 0.29) is 13.2 Å². The normalized spacial score (nSPS) is 21.1. The summed E-state index contributed by atoms with van der Waals surface area (Å²) in [6.45, 7) is 6.15. The van der Waals surface area contributed by atoms with Gasteiger partial charge in [0, 0.05) is 11.1 Å². The topological polar surface area (TPSA) is 80.1 Å². The van der Waals surface area contributed by atoms with Crippen molar-refractivity contribution in [2.75, 3.05) is 13.2 Å². The van der Waals surface area contributed by atoms with E-state index in [2.05, 4.69) is 15.0 Å². The van der Waals surface area contributed by atoms with E-state index < -0.39 is 11.3 Å². The van der Waals surface area contributed by atoms with Gasteiger partial charge in [-0.15, -0.1) is 0 Å². The summed E-state index contributed by atoms with van der Waals surface area (Å²) < 4.78 is 11.2. The summed E-state index contributed by atoms with van der Waals surface area (Å²) in [7, 11) is 0. The lowest BCUT2D eigenvalue weighted by atomic mass is 9.95. The van der Waals surface area contributed by atoms with Crippen molar-refractivity contribution in [3.05, 3.63) is 40.0 Å². The number of hydrogen-bond acceptors (Lipinski definition) is 4. The van der Waals surface area contributed by atoms with Crippen molar-refractivity contribution in [1.82, 2.24) is 4.98 Å². The molecular weight excluding hydrogens is 232 g/mol. The predicted molar refractivity (Wildman–Crippen MR) is 65.8 cm³/mol. The minimum atomic E-state index is -0.879. The maximum atomic E-state index is 8.76. The summed E-state index contributed by atoms with van der Waals surface area (Å²) in [4.78, 5) is 7.19. The quantitative estimate of drug-likeness (QED) is 0.458. The molecule has 1 aromatic heterocycles. The lowest BCUT2D eigenvalue weighted by Crippen LogP contribution is -2.48. The molecule has 0 aromatic carbocycles. The molecule has 1 fully saturated rings. The monoisotopic (exact) mass is 248 g/mol. The minimum Gasteiger partial charge on any atom is -0.349 e. The van der Waals surface area contributed by atoms with Crippen molar-refractivity contribution in [1.29, 1.82) is 0 Å². The van der Waals surface area contributed by atoms with Crippen LogP contribution in [0.25, 0.3) is 10.4 Å². The first kappa shape index (κ1) is 12.8. The zero-order valence-electron chi connectivity index (χ0n) is 10.8. The Labute approximate surface area is 106 Å². The molecule has 0 aliphatic carbocycles. The SMILES string of the molecule is Cc1ccnc(C2(N=[N+]=[N-])COC(C)(C)OC2)c1. The van der Waals surface area contributed by atoms with Gasteiger partial charge in [-0.3, -0.25) is 4.98 Å². The summed E-state index contributed by atoms with van der Waals surface area (Å²) in [5, 5.41) is 3.86. The lowest BCUT2D eigenvalue weighted by molar-refractivity contribution is -0.269. The number of aromatic nitrogens is 1. The molecule has 18 heavy (non-hydrogen) atoms. The molecule has 1 aliphatic heterocycles. The highest BCUT2D eigenvalue weighted by Gasteiger charge is 2.42. The van der Waals surface area contributed by atoms with Gasteiger partial charge in [-0.2, -0.15) is 0 Å². The third-order valence-corrected chi connectivity index (χ3v) is 2.95. The van der Waals surface area contributed by atoms with E-state index in [4.69, 9.17) is 15.0 Å². The van der Waals surface area contributed by atoms with E-state index in [0.29, 0.717) is 5.69 Å². The number of aryl methyl sites for hydroxylation is 1. The van der Waals surface area contributed by atoms with Gasteiger partial charge in [-0.1, -0.05) is 5.11 Å². The molecule has 0 amide bonds. The van der Waals surface area contributed by atoms with Crippen molar-refractivity contribution in [2.24, 2.45) is 5.11 Å². The molecule has 0 radical (unpaired) electrons. The third kappa shape index (κ3) is 2.46. The first-order chi connectivity index (χ1) is 8.47. The number of hydrogen-bond donors (Lipinski definition) is 0. The first-order valence-corrected chi connectivity index (χ1v) is 5.75. The van der Waals surface area contributed by atoms with Crippen molar-refractivity contribution in [3.63, 3.8) is 0 Å². The highest BCUT2D eigenvalue weighted by atomic mass is 16.7. The predicted octanol–water partition coefficient (Wildman–Crippen LogP) is 2.68. The van der Waals surface area contributed by atoms with Crippen LogP contribution in [0.5, 0.6) is 0 Å². The Morgan fingerprint density at radius 2 is 2.06 bits per heavy atom. The standard InChI is InChI=1S/C12H16N4O2/c1-9-4-5-14-10(6-9)12(15-16-13)7-17-11(2,3)18-8-12/h4-6H,7-8H2,1-3H3. The van der Waals surface area contributed by atoms with Gasteiger partial charge < -0.3 is 9.47 Å². The van der Waals surface area contributed by atoms with Crippen LogP contribution in [0.4, 0.5) is 0 Å². The molecule has 6 nitrogen and oxygen atoms in total. The van der Waals surface area contributed by atoms with E-state index in [0.717, 1.165) is 5.56 Å². The van der Waals surface area contributed by atoms with Gasteiger partial charge in [0.05, 0.1) is 18.9 Å². The Balaban J connectivity index is 2.37. The van der Waals surface area contributed by atoms with Crippen LogP contribution in [0.2, 0.25) is 0 Å². The average molecular weight is 248 g/mol. The number of azide groups is 1. The largest absolute Gasteiger partial charge is 0.349 e. The Hall–Kier alpha value is -1.62. The second-order valence-corrected chi connectivity index (χ2v) is 4.92. The molecule has 2 heterocycles. The van der Waals surface area contributed by atoms with Gasteiger partial charge in [-0.25, -0.2) is 0 Å². The van der Waals surface area contributed by atoms with E-state index in [1.54, 1.807) is 6.20 Å². The van der Waals surface area contributed by atoms with Crippen LogP contribution in [-0.4, -0.2) is 24.0 Å². The zero-order chi connectivity index (χ0) is 13.2. The summed E-state index contributed by atoms with van der Waals surface area (Å²) in [6.07, 6.45) is 1.69. The van der Waals surface area contributed by atoms with Crippen LogP contribution >= 0.6 is 0 Å². The van der Waals surface area contributed by atoms with Gasteiger partial charge in [0.15, 0.2) is 5.79 Å². The van der Waals surface area contributed by atoms with Gasteiger partial charge in [0.25, 0.3) is 0 Å². The molecule has 2 rings (SSSR count). The van der Waals surface area contributed by atoms with E-state index >= 15 is 0 Å². The first-order valence-electron chi connectivity index (χ1n) is 5.75. The third-order valence-electron chi connectivity index (χ3n) is 2.95. The van der Waals surface area contributed by atoms with E-state index in [9.17, 15) is 0 Å². The fraction of sp³-hybridized carbons (Fsp3) is 0.583. The van der Waals surface area contributed by atoms with Crippen molar-refractivity contribution >= 4 is 0 Å². The molecular formula is C12H16N4O2. The van der Waals surface area contributed by atoms with Crippen LogP contribution in [-0.2, 0) is 15.0 Å². The lowest BCUT2D eigenvalue weighted by Gasteiger charge is -2.40. The van der Waals surface area contributed by atoms with Crippen molar-refractivity contribution in [2.45, 2.75) is 32.1 Å². The van der Waals surface area contributed by atoms with Gasteiger partial charge >= 0.3 is 0 Å². The Kier molecular flexibility index (Phi) is 3.26. The number of ether oxygens (including phenoxy) is 2. The Bertz CT molecular complexity index is 485. The Morgan fingerprint density at radius 3 is 2.61 bits per heavy atom. The average Bonchev–Trinajstić information content (AvgIpc) is 2.33. The molecule has 0 unspecified atom stereocenters. The maximum absolute atomic E-state index is 8.76. The molecule has 1 saturated heterocycles. The highest BCUT2D eigenvalue weighted by Crippen LogP contribution is 2.33. The van der Waals surface area contributed by atoms with E-state index in [1.165, 1.54) is 0 Å². The number of rotatable bonds is 2. The second kappa shape index (κ2) is 4.57. The molecule has 0 bridgehead atoms. The maximum Gasteiger partial charge on any atom is 0.162 e. The smallest absolute Gasteiger partial charge is 0.162 e. The molecule has 0 atom stereocenters. The molecule has 0 spiro atoms. The van der Waals surface area contributed by atoms with Gasteiger partial charge in [0.2, 0.25) is 0 Å². The van der Waals surface area contributed by atoms with Gasteiger partial charge in [-0.05, 0) is 44.0 Å². The summed E-state index contributed by atoms with van der Waals surface area (Å²) in [5.41, 5.74) is 9.61. The van der Waals surface area contributed by atoms with Gasteiger partial charge in [0.1, 0.15) is 5.54 Å². The van der Waals surface area contributed by atoms with Crippen LogP contribution in [0.1, 0.15) is 25.1 Å². The zero-order valence-corrected chi connectivity index (χ0v) is 10.8. The highest BCUT2D eigenvalue weighted by molar-refractivity contribution is 5.23. The molecule has 6 heteroatoms. The number of nitrogens with zero attached hydrogens (tertiary/aromatic N) is 4. The molecule has 0 saturated carbocycles. The minimum absolute atomic E-state index is 0.264. The summed E-state index contributed by atoms with van der Waals surface area (Å²) in [5.74, 6) is -0.654. The molecule has 0 N–H and O–H groups in total. The molecule has 1 aromatic rings. The second-order valence-electron chi connectivity index (χ2n) is 4.92. The Morgan fingerprint density at radius 1 is 1.39 bits per heavy atom. The van der Waals surface area contributed by atoms with Crippen LogP contribution < -0.4 is 0 Å². The number of pyridine rings is 1. The summed E-state index contributed by atoms with van der Waals surface area (Å²) >= 11 is 0. The fourth-order valence-electron chi connectivity index (χ4n) is 1.80.